The lowest BCUT2D eigenvalue weighted by molar-refractivity contribution is -0.132. The number of aromatic nitrogens is 1. The number of urea groups is 1. The zero-order valence-electron chi connectivity index (χ0n) is 35.1. The average Bonchev–Trinajstić information content (AvgIpc) is 3.81. The fraction of sp³-hybridized carbons (Fsp3) is 0.548. The first kappa shape index (κ1) is 45.1. The largest absolute Gasteiger partial charge is 0.486 e. The number of rotatable bonds is 19. The van der Waals surface area contributed by atoms with E-state index in [4.69, 9.17) is 18.9 Å². The number of hydrogen-bond acceptors (Lipinski definition) is 12. The van der Waals surface area contributed by atoms with Gasteiger partial charge in [0.2, 0.25) is 5.91 Å². The Morgan fingerprint density at radius 1 is 1.00 bits per heavy atom. The van der Waals surface area contributed by atoms with E-state index < -0.39 is 41.6 Å². The molecule has 5 atom stereocenters. The highest BCUT2D eigenvalue weighted by Crippen LogP contribution is 2.31. The van der Waals surface area contributed by atoms with Gasteiger partial charge in [0.05, 0.1) is 38.1 Å². The average molecular weight is 838 g/mol. The number of ether oxygens (including phenoxy) is 4. The molecule has 59 heavy (non-hydrogen) atoms. The van der Waals surface area contributed by atoms with Gasteiger partial charge >= 0.3 is 12.1 Å². The van der Waals surface area contributed by atoms with Gasteiger partial charge in [-0.2, -0.15) is 0 Å². The molecule has 2 aliphatic rings. The molecule has 4 N–H and O–H groups in total. The van der Waals surface area contributed by atoms with Gasteiger partial charge in [-0.25, -0.2) is 19.6 Å². The third-order valence-electron chi connectivity index (χ3n) is 10.5. The van der Waals surface area contributed by atoms with Crippen molar-refractivity contribution < 1.29 is 43.2 Å². The summed E-state index contributed by atoms with van der Waals surface area (Å²) in [5.74, 6) is 0.0406. The van der Waals surface area contributed by atoms with E-state index in [-0.39, 0.29) is 37.4 Å². The molecule has 0 bridgehead atoms. The van der Waals surface area contributed by atoms with Gasteiger partial charge < -0.3 is 44.5 Å². The smallest absolute Gasteiger partial charge is 0.407 e. The molecule has 2 aliphatic heterocycles. The van der Waals surface area contributed by atoms with Gasteiger partial charge in [0.1, 0.15) is 30.3 Å². The van der Waals surface area contributed by atoms with Crippen molar-refractivity contribution in [3.05, 3.63) is 75.7 Å². The second-order valence-corrected chi connectivity index (χ2v) is 17.0. The van der Waals surface area contributed by atoms with E-state index in [1.165, 1.54) is 18.4 Å². The maximum atomic E-state index is 14.5. The van der Waals surface area contributed by atoms with Crippen LogP contribution in [0.3, 0.4) is 0 Å². The van der Waals surface area contributed by atoms with Gasteiger partial charge in [0.25, 0.3) is 5.91 Å². The number of carbonyl (C=O) groups excluding carboxylic acids is 4. The van der Waals surface area contributed by atoms with E-state index in [1.54, 1.807) is 28.0 Å². The van der Waals surface area contributed by atoms with Gasteiger partial charge in [-0.1, -0.05) is 77.4 Å². The Balaban J connectivity index is 1.40. The first-order chi connectivity index (χ1) is 28.2. The Bertz CT molecular complexity index is 1870. The number of aliphatic hydroxyl groups is 1. The summed E-state index contributed by atoms with van der Waals surface area (Å²) in [4.78, 5) is 62.6. The lowest BCUT2D eigenvalue weighted by atomic mass is 9.86. The van der Waals surface area contributed by atoms with Crippen molar-refractivity contribution in [2.75, 3.05) is 47.1 Å². The van der Waals surface area contributed by atoms with Gasteiger partial charge in [0, 0.05) is 38.7 Å². The molecular weight excluding hydrogens is 779 g/mol. The summed E-state index contributed by atoms with van der Waals surface area (Å²) in [5, 5.41) is 22.2. The Hall–Kier alpha value is -4.97. The van der Waals surface area contributed by atoms with Crippen molar-refractivity contribution in [3.63, 3.8) is 0 Å². The maximum Gasteiger partial charge on any atom is 0.407 e. The van der Waals surface area contributed by atoms with Crippen molar-refractivity contribution in [3.8, 4) is 11.5 Å². The molecule has 1 saturated heterocycles. The van der Waals surface area contributed by atoms with E-state index in [0.717, 1.165) is 21.8 Å². The van der Waals surface area contributed by atoms with Crippen LogP contribution in [-0.4, -0.2) is 120 Å². The summed E-state index contributed by atoms with van der Waals surface area (Å²) in [6.07, 6.45) is -1.11. The number of benzene rings is 2. The summed E-state index contributed by atoms with van der Waals surface area (Å²) in [6, 6.07) is 12.0. The number of amides is 5. The number of hydrazine groups is 1. The predicted octanol–water partition coefficient (Wildman–Crippen LogP) is 4.11. The van der Waals surface area contributed by atoms with Gasteiger partial charge in [-0.05, 0) is 41.0 Å². The number of aliphatic hydroxyl groups excluding tert-OH is 1. The molecule has 322 valence electrons. The summed E-state index contributed by atoms with van der Waals surface area (Å²) >= 11 is 1.47. The first-order valence-electron chi connectivity index (χ1n) is 20.0. The molecule has 0 aliphatic carbocycles. The van der Waals surface area contributed by atoms with Crippen molar-refractivity contribution in [2.24, 2.45) is 11.3 Å². The normalized spacial score (nSPS) is 16.6. The molecule has 5 rings (SSSR count). The topological polar surface area (TPSA) is 184 Å². The van der Waals surface area contributed by atoms with E-state index in [9.17, 15) is 24.3 Å². The number of nitrogens with zero attached hydrogens (tertiary/aromatic N) is 4. The molecule has 3 heterocycles. The molecule has 2 aromatic carbocycles. The lowest BCUT2D eigenvalue weighted by Gasteiger charge is -2.36. The quantitative estimate of drug-likeness (QED) is 0.128. The standard InChI is InChI=1S/C42H59N7O9S/c1-8-27(2)36(49-17-16-47(41(49)54)23-30-26-59-35(43-30)25-55-6)38(51)44-31(20-28-12-10-9-11-13-28)32(50)24-48(22-29-14-15-33-34(21-29)58-19-18-57-33)46-39(52)37(42(3,4)5)45-40(53)56-7/h9-15,21,26-27,31-32,36-37,50H,8,16-20,22-25H2,1-7H3,(H,44,51)(H,45,53)(H,46,52). The third kappa shape index (κ3) is 12.3. The summed E-state index contributed by atoms with van der Waals surface area (Å²) in [7, 11) is 2.83. The Morgan fingerprint density at radius 2 is 1.73 bits per heavy atom. The zero-order chi connectivity index (χ0) is 42.7. The number of methoxy groups -OCH3 is 2. The van der Waals surface area contributed by atoms with Crippen LogP contribution in [0.1, 0.15) is 62.9 Å². The van der Waals surface area contributed by atoms with Gasteiger partial charge in [-0.3, -0.25) is 15.0 Å². The van der Waals surface area contributed by atoms with Crippen LogP contribution < -0.4 is 25.5 Å². The van der Waals surface area contributed by atoms with Crippen LogP contribution >= 0.6 is 11.3 Å². The van der Waals surface area contributed by atoms with Crippen LogP contribution in [0, 0.1) is 11.3 Å². The number of nitrogens with one attached hydrogen (secondary N) is 3. The van der Waals surface area contributed by atoms with Crippen LogP contribution in [0.25, 0.3) is 0 Å². The minimum Gasteiger partial charge on any atom is -0.486 e. The highest BCUT2D eigenvalue weighted by Gasteiger charge is 2.41. The van der Waals surface area contributed by atoms with E-state index in [2.05, 4.69) is 21.0 Å². The Morgan fingerprint density at radius 3 is 2.41 bits per heavy atom. The highest BCUT2D eigenvalue weighted by molar-refractivity contribution is 7.09. The molecule has 17 heteroatoms. The van der Waals surface area contributed by atoms with Crippen LogP contribution in [-0.2, 0) is 45.2 Å². The predicted molar refractivity (Wildman–Crippen MR) is 221 cm³/mol. The number of carbonyl (C=O) groups is 4. The number of fused-ring (bicyclic) bond motifs is 1. The summed E-state index contributed by atoms with van der Waals surface area (Å²) in [6.45, 7) is 11.7. The molecular formula is C42H59N7O9S. The first-order valence-corrected chi connectivity index (χ1v) is 20.9. The van der Waals surface area contributed by atoms with Crippen LogP contribution in [0.4, 0.5) is 9.59 Å². The number of hydrogen-bond donors (Lipinski definition) is 4. The van der Waals surface area contributed by atoms with Crippen molar-refractivity contribution in [2.45, 2.75) is 91.4 Å². The Kier molecular flexibility index (Phi) is 15.9. The molecule has 1 fully saturated rings. The van der Waals surface area contributed by atoms with Crippen LogP contribution in [0.2, 0.25) is 0 Å². The van der Waals surface area contributed by atoms with Crippen molar-refractivity contribution in [1.29, 1.82) is 0 Å². The molecule has 3 aromatic rings. The van der Waals surface area contributed by atoms with Crippen LogP contribution in [0.5, 0.6) is 11.5 Å². The summed E-state index contributed by atoms with van der Waals surface area (Å²) < 4.78 is 21.5. The van der Waals surface area contributed by atoms with E-state index >= 15 is 0 Å². The number of thiazole rings is 1. The fourth-order valence-electron chi connectivity index (χ4n) is 7.14. The molecule has 0 spiro atoms. The monoisotopic (exact) mass is 837 g/mol. The lowest BCUT2D eigenvalue weighted by Crippen LogP contribution is -2.60. The van der Waals surface area contributed by atoms with Gasteiger partial charge in [-0.15, -0.1) is 11.3 Å². The third-order valence-corrected chi connectivity index (χ3v) is 11.3. The second-order valence-electron chi connectivity index (χ2n) is 16.0. The molecule has 5 amide bonds. The minimum atomic E-state index is -1.23. The molecule has 16 nitrogen and oxygen atoms in total. The Labute approximate surface area is 350 Å². The maximum absolute atomic E-state index is 14.5. The van der Waals surface area contributed by atoms with Crippen molar-refractivity contribution >= 4 is 35.3 Å². The van der Waals surface area contributed by atoms with Crippen LogP contribution in [0.15, 0.2) is 53.9 Å². The molecule has 1 aromatic heterocycles. The second kappa shape index (κ2) is 20.8. The molecule has 5 unspecified atom stereocenters. The van der Waals surface area contributed by atoms with Gasteiger partial charge in [0.15, 0.2) is 11.5 Å². The minimum absolute atomic E-state index is 0.125. The SMILES string of the molecule is CCC(C)C(C(=O)NC(Cc1ccccc1)C(O)CN(Cc1ccc2c(c1)OCCO2)NC(=O)C(NC(=O)OC)C(C)(C)C)N1CCN(Cc2csc(COC)n2)C1=O. The number of alkyl carbamates (subject to hydrolysis) is 1. The van der Waals surface area contributed by atoms with Crippen molar-refractivity contribution in [1.82, 2.24) is 35.9 Å². The molecule has 0 radical (unpaired) electrons. The zero-order valence-corrected chi connectivity index (χ0v) is 35.9. The highest BCUT2D eigenvalue weighted by atomic mass is 32.1. The van der Waals surface area contributed by atoms with E-state index in [1.807, 2.05) is 82.5 Å². The molecule has 0 saturated carbocycles. The fourth-order valence-corrected chi connectivity index (χ4v) is 7.90. The summed E-state index contributed by atoms with van der Waals surface area (Å²) in [5.41, 5.74) is 4.59. The van der Waals surface area contributed by atoms with E-state index in [0.29, 0.717) is 57.4 Å².